The molecule has 0 saturated heterocycles. The van der Waals surface area contributed by atoms with Crippen LogP contribution < -0.4 is 0 Å². The Morgan fingerprint density at radius 3 is 1.41 bits per heavy atom. The Morgan fingerprint density at radius 2 is 1.00 bits per heavy atom. The van der Waals surface area contributed by atoms with Crippen LogP contribution in [0, 0.1) is 46.3 Å². The van der Waals surface area contributed by atoms with Crippen LogP contribution >= 0.6 is 0 Å². The number of ketones is 2. The van der Waals surface area contributed by atoms with Gasteiger partial charge in [0.05, 0.1) is 35.6 Å². The quantitative estimate of drug-likeness (QED) is 0.0581. The van der Waals surface area contributed by atoms with E-state index in [0.29, 0.717) is 80.5 Å². The summed E-state index contributed by atoms with van der Waals surface area (Å²) < 4.78 is 0. The van der Waals surface area contributed by atoms with Crippen molar-refractivity contribution in [2.24, 2.45) is 46.3 Å². The van der Waals surface area contributed by atoms with E-state index in [1.807, 2.05) is 27.7 Å². The summed E-state index contributed by atoms with van der Waals surface area (Å²) in [5, 5.41) is 81.4. The van der Waals surface area contributed by atoms with E-state index in [4.69, 9.17) is 0 Å². The molecular formula is C63H104O10. The predicted octanol–water partition coefficient (Wildman–Crippen LogP) is 11.4. The van der Waals surface area contributed by atoms with Gasteiger partial charge in [0, 0.05) is 19.3 Å². The average molecular weight is 1020 g/mol. The van der Waals surface area contributed by atoms with E-state index in [9.17, 15) is 50.4 Å². The lowest BCUT2D eigenvalue weighted by Crippen LogP contribution is -2.37. The Hall–Kier alpha value is -2.28. The Bertz CT molecular complexity index is 1970. The van der Waals surface area contributed by atoms with Crippen molar-refractivity contribution in [2.45, 2.75) is 277 Å². The predicted molar refractivity (Wildman–Crippen MR) is 293 cm³/mol. The number of hydrogen-bond acceptors (Lipinski definition) is 10. The van der Waals surface area contributed by atoms with E-state index in [2.05, 4.69) is 44.7 Å². The molecule has 6 rings (SSSR count). The van der Waals surface area contributed by atoms with Crippen molar-refractivity contribution in [1.29, 1.82) is 0 Å². The Labute approximate surface area is 442 Å². The number of carbonyl (C=O) groups excluding carboxylic acids is 2. The first-order valence-electron chi connectivity index (χ1n) is 29.0. The minimum atomic E-state index is -1.29. The molecule has 6 unspecified atom stereocenters. The van der Waals surface area contributed by atoms with Gasteiger partial charge < -0.3 is 40.9 Å². The zero-order chi connectivity index (χ0) is 54.3. The maximum Gasteiger partial charge on any atom is 0.163 e. The van der Waals surface area contributed by atoms with Gasteiger partial charge in [0.1, 0.15) is 11.2 Å². The second kappa shape index (κ2) is 25.5. The third-order valence-corrected chi connectivity index (χ3v) is 19.1. The molecule has 416 valence electrons. The first-order chi connectivity index (χ1) is 33.8. The molecular weight excluding hydrogens is 917 g/mol. The van der Waals surface area contributed by atoms with Gasteiger partial charge in [-0.15, -0.1) is 0 Å². The number of Topliss-reactive ketones (excluding diaryl/α,β-unsaturated/α-hetero) is 2. The molecule has 0 amide bonds. The summed E-state index contributed by atoms with van der Waals surface area (Å²) in [5.74, 6) is 2.71. The molecule has 73 heavy (non-hydrogen) atoms. The van der Waals surface area contributed by atoms with Gasteiger partial charge in [-0.1, -0.05) is 87.1 Å². The maximum atomic E-state index is 12.6. The highest BCUT2D eigenvalue weighted by Crippen LogP contribution is 2.62. The van der Waals surface area contributed by atoms with Gasteiger partial charge in [0.2, 0.25) is 0 Å². The summed E-state index contributed by atoms with van der Waals surface area (Å²) in [6.45, 7) is 22.8. The Balaban J connectivity index is 0.000000271. The third-order valence-electron chi connectivity index (χ3n) is 19.1. The van der Waals surface area contributed by atoms with Crippen LogP contribution in [0.15, 0.2) is 58.7 Å². The third kappa shape index (κ3) is 17.4. The molecule has 8 N–H and O–H groups in total. The molecule has 0 aromatic heterocycles. The molecule has 0 radical (unpaired) electrons. The highest BCUT2D eigenvalue weighted by Gasteiger charge is 2.53. The van der Waals surface area contributed by atoms with Crippen LogP contribution in [0.3, 0.4) is 0 Å². The number of aliphatic hydroxyl groups excluding tert-OH is 4. The van der Waals surface area contributed by atoms with Crippen molar-refractivity contribution < 1.29 is 50.4 Å². The summed E-state index contributed by atoms with van der Waals surface area (Å²) in [4.78, 5) is 25.2. The lowest BCUT2D eigenvalue weighted by Gasteiger charge is -2.45. The second-order valence-electron chi connectivity index (χ2n) is 27.2. The number of carbonyl (C=O) groups is 2. The molecule has 0 spiro atoms. The van der Waals surface area contributed by atoms with Gasteiger partial charge in [-0.25, -0.2) is 0 Å². The summed E-state index contributed by atoms with van der Waals surface area (Å²) in [6.07, 6.45) is 28.7. The lowest BCUT2D eigenvalue weighted by molar-refractivity contribution is -0.135. The standard InChI is InChI=1S/C32H52O5.C31H52O5/c1-21-24(19-25(33)20-28(21)34)12-11-22-10-8-18-32(6)26(22)14-15-27(32)23(9-7-17-30(2,3)36)13-16-29(35)31(4,5)37;1-29(2,35)16-6-8-23(12-15-28(34)30(3,4)36)27-14-13-26-22(9-7-17-31(26,27)5)11-10-21-18-24(32)20-25(33)19-21/h11-12,23,25-28,33-34,36-37H,1,7-10,13-20H2,2-6H3;10-11,23-27,32-33,35-36H,6-9,12-20H2,1-5H3/b22-11+,24-12-;21-10?,22-11+/t23-,25?,26?,27?,28-,32-;23-,24+,25?,26?,27?,31-/m00/s1. The zero-order valence-corrected chi connectivity index (χ0v) is 47.4. The van der Waals surface area contributed by atoms with E-state index in [-0.39, 0.29) is 22.4 Å². The Kier molecular flexibility index (Phi) is 21.5. The van der Waals surface area contributed by atoms with Gasteiger partial charge in [0.25, 0.3) is 0 Å². The summed E-state index contributed by atoms with van der Waals surface area (Å²) >= 11 is 0. The van der Waals surface area contributed by atoms with Crippen LogP contribution in [0.5, 0.6) is 0 Å². The van der Waals surface area contributed by atoms with E-state index < -0.39 is 46.8 Å². The highest BCUT2D eigenvalue weighted by atomic mass is 16.3. The molecule has 6 aliphatic rings. The minimum absolute atomic E-state index is 0.0811. The van der Waals surface area contributed by atoms with Crippen LogP contribution in [0.1, 0.15) is 230 Å². The smallest absolute Gasteiger partial charge is 0.163 e. The van der Waals surface area contributed by atoms with Gasteiger partial charge >= 0.3 is 0 Å². The molecule has 10 heteroatoms. The Morgan fingerprint density at radius 1 is 0.589 bits per heavy atom. The first kappa shape index (κ1) is 61.6. The topological polar surface area (TPSA) is 196 Å². The SMILES string of the molecule is C=C1/C(=C\C=C2/CCC[C@@]3(C)C2CCC3[C@@H](CCCC(C)(C)O)CCC(=O)C(C)(C)O)CC(O)C[C@@H]1O.CC(C)(O)CCC[C@@H](CCC(=O)C(C)(C)O)C1CCC2/C(=C/C=C3CC(O)C[C@H](O)C3)CCC[C@@]21C. The van der Waals surface area contributed by atoms with Crippen molar-refractivity contribution in [3.63, 3.8) is 0 Å². The van der Waals surface area contributed by atoms with Gasteiger partial charge in [-0.2, -0.15) is 0 Å². The molecule has 0 aromatic rings. The zero-order valence-electron chi connectivity index (χ0n) is 47.4. The van der Waals surface area contributed by atoms with Gasteiger partial charge in [-0.3, -0.25) is 9.59 Å². The van der Waals surface area contributed by atoms with Crippen LogP contribution in [-0.4, -0.2) is 99.2 Å². The van der Waals surface area contributed by atoms with Gasteiger partial charge in [-0.05, 0) is 228 Å². The van der Waals surface area contributed by atoms with E-state index >= 15 is 0 Å². The van der Waals surface area contributed by atoms with E-state index in [1.165, 1.54) is 36.8 Å². The molecule has 6 aliphatic carbocycles. The lowest BCUT2D eigenvalue weighted by atomic mass is 9.60. The molecule has 6 fully saturated rings. The number of allylic oxidation sites excluding steroid dienone is 6. The number of fused-ring (bicyclic) bond motifs is 2. The summed E-state index contributed by atoms with van der Waals surface area (Å²) in [7, 11) is 0. The summed E-state index contributed by atoms with van der Waals surface area (Å²) in [5.41, 5.74) is 2.23. The normalized spacial score (nSPS) is 34.4. The van der Waals surface area contributed by atoms with Crippen molar-refractivity contribution >= 4 is 11.6 Å². The van der Waals surface area contributed by atoms with E-state index in [0.717, 1.165) is 107 Å². The monoisotopic (exact) mass is 1020 g/mol. The van der Waals surface area contributed by atoms with Crippen molar-refractivity contribution in [2.75, 3.05) is 0 Å². The number of hydrogen-bond donors (Lipinski definition) is 8. The highest BCUT2D eigenvalue weighted by molar-refractivity contribution is 5.86. The van der Waals surface area contributed by atoms with Crippen LogP contribution in [-0.2, 0) is 9.59 Å². The van der Waals surface area contributed by atoms with Crippen LogP contribution in [0.2, 0.25) is 0 Å². The van der Waals surface area contributed by atoms with Gasteiger partial charge in [0.15, 0.2) is 11.6 Å². The molecule has 6 saturated carbocycles. The largest absolute Gasteiger partial charge is 0.393 e. The fraction of sp³-hybridized carbons (Fsp3) is 0.810. The molecule has 0 heterocycles. The van der Waals surface area contributed by atoms with E-state index in [1.54, 1.807) is 27.7 Å². The first-order valence-corrected chi connectivity index (χ1v) is 29.0. The molecule has 0 bridgehead atoms. The van der Waals surface area contributed by atoms with Crippen LogP contribution in [0.4, 0.5) is 0 Å². The summed E-state index contributed by atoms with van der Waals surface area (Å²) in [6, 6.07) is 0. The molecule has 0 aliphatic heterocycles. The van der Waals surface area contributed by atoms with Crippen molar-refractivity contribution in [1.82, 2.24) is 0 Å². The number of aliphatic hydroxyl groups is 8. The van der Waals surface area contributed by atoms with Crippen molar-refractivity contribution in [3.05, 3.63) is 58.7 Å². The van der Waals surface area contributed by atoms with Crippen LogP contribution in [0.25, 0.3) is 0 Å². The molecule has 0 aromatic carbocycles. The minimum Gasteiger partial charge on any atom is -0.393 e. The average Bonchev–Trinajstić information content (AvgIpc) is 3.81. The fourth-order valence-electron chi connectivity index (χ4n) is 15.0. The van der Waals surface area contributed by atoms with Crippen molar-refractivity contribution in [3.8, 4) is 0 Å². The maximum absolute atomic E-state index is 12.6. The fourth-order valence-corrected chi connectivity index (χ4v) is 15.0. The second-order valence-corrected chi connectivity index (χ2v) is 27.2. The molecule has 10 nitrogen and oxygen atoms in total. The molecule has 12 atom stereocenters. The number of rotatable bonds is 20.